The fourth-order valence-corrected chi connectivity index (χ4v) is 3.48. The molecule has 0 spiro atoms. The summed E-state index contributed by atoms with van der Waals surface area (Å²) in [6, 6.07) is -0.146. The smallest absolute Gasteiger partial charge is 0.330 e. The second-order valence-electron chi connectivity index (χ2n) is 9.71. The summed E-state index contributed by atoms with van der Waals surface area (Å²) in [5.41, 5.74) is 0.164. The summed E-state index contributed by atoms with van der Waals surface area (Å²) in [4.78, 5) is 23.6. The first-order valence-corrected chi connectivity index (χ1v) is 10.1. The molecule has 2 amide bonds. The average Bonchev–Trinajstić information content (AvgIpc) is 2.57. The van der Waals surface area contributed by atoms with Gasteiger partial charge in [0.2, 0.25) is 0 Å². The third-order valence-corrected chi connectivity index (χ3v) is 5.44. The van der Waals surface area contributed by atoms with Crippen LogP contribution in [0.1, 0.15) is 81.1 Å². The number of ether oxygens (including phenoxy) is 1. The van der Waals surface area contributed by atoms with Gasteiger partial charge in [-0.15, -0.1) is 0 Å². The van der Waals surface area contributed by atoms with Gasteiger partial charge in [-0.1, -0.05) is 61.5 Å². The molecular formula is C22H42N2O3. The van der Waals surface area contributed by atoms with E-state index in [4.69, 9.17) is 4.74 Å². The van der Waals surface area contributed by atoms with Crippen molar-refractivity contribution in [1.82, 2.24) is 10.6 Å². The summed E-state index contributed by atoms with van der Waals surface area (Å²) < 4.78 is 5.27. The van der Waals surface area contributed by atoms with Gasteiger partial charge in [-0.3, -0.25) is 0 Å². The SMILES string of the molecule is C=CC(=O)OC(C)CC(C)(CC)CNC(=O)NCC(C)(C)CC(C)(C)CC. The Morgan fingerprint density at radius 3 is 2.04 bits per heavy atom. The Labute approximate surface area is 166 Å². The minimum Gasteiger partial charge on any atom is -0.460 e. The van der Waals surface area contributed by atoms with Crippen LogP contribution in [-0.4, -0.2) is 31.2 Å². The molecule has 0 aliphatic rings. The zero-order chi connectivity index (χ0) is 21.3. The van der Waals surface area contributed by atoms with Gasteiger partial charge in [-0.25, -0.2) is 9.59 Å². The molecule has 2 unspecified atom stereocenters. The number of hydrogen-bond donors (Lipinski definition) is 2. The maximum Gasteiger partial charge on any atom is 0.330 e. The highest BCUT2D eigenvalue weighted by atomic mass is 16.5. The lowest BCUT2D eigenvalue weighted by molar-refractivity contribution is -0.143. The fourth-order valence-electron chi connectivity index (χ4n) is 3.48. The first kappa shape index (κ1) is 25.5. The van der Waals surface area contributed by atoms with Crippen molar-refractivity contribution in [3.05, 3.63) is 12.7 Å². The van der Waals surface area contributed by atoms with Crippen LogP contribution in [0.25, 0.3) is 0 Å². The summed E-state index contributed by atoms with van der Waals surface area (Å²) in [6.07, 6.45) is 4.67. The first-order chi connectivity index (χ1) is 12.3. The van der Waals surface area contributed by atoms with Gasteiger partial charge in [0.25, 0.3) is 0 Å². The number of amides is 2. The zero-order valence-electron chi connectivity index (χ0n) is 18.8. The van der Waals surface area contributed by atoms with Crippen LogP contribution >= 0.6 is 0 Å². The van der Waals surface area contributed by atoms with E-state index < -0.39 is 5.97 Å². The van der Waals surface area contributed by atoms with E-state index in [1.165, 1.54) is 6.08 Å². The normalized spacial score (nSPS) is 15.4. The molecule has 5 nitrogen and oxygen atoms in total. The third kappa shape index (κ3) is 11.0. The van der Waals surface area contributed by atoms with E-state index in [9.17, 15) is 9.59 Å². The van der Waals surface area contributed by atoms with Gasteiger partial charge in [0.05, 0.1) is 6.10 Å². The standard InChI is InChI=1S/C22H42N2O3/c1-10-18(25)27-17(4)13-22(9,12-3)16-24-19(26)23-15-21(7,8)14-20(5,6)11-2/h10,17H,1,11-16H2,2-9H3,(H2,23,24,26). The third-order valence-electron chi connectivity index (χ3n) is 5.44. The minimum absolute atomic E-state index is 0.0400. The summed E-state index contributed by atoms with van der Waals surface area (Å²) in [7, 11) is 0. The van der Waals surface area contributed by atoms with E-state index in [1.807, 2.05) is 6.92 Å². The van der Waals surface area contributed by atoms with Crippen molar-refractivity contribution < 1.29 is 14.3 Å². The molecule has 0 fully saturated rings. The molecule has 0 aromatic heterocycles. The molecule has 0 aromatic rings. The molecule has 27 heavy (non-hydrogen) atoms. The lowest BCUT2D eigenvalue weighted by Gasteiger charge is -2.35. The van der Waals surface area contributed by atoms with Gasteiger partial charge in [0.15, 0.2) is 0 Å². The van der Waals surface area contributed by atoms with Gasteiger partial charge < -0.3 is 15.4 Å². The van der Waals surface area contributed by atoms with E-state index in [2.05, 4.69) is 65.7 Å². The molecule has 158 valence electrons. The molecule has 0 aromatic carbocycles. The van der Waals surface area contributed by atoms with E-state index in [0.717, 1.165) is 19.3 Å². The molecule has 0 aliphatic heterocycles. The zero-order valence-corrected chi connectivity index (χ0v) is 18.8. The molecule has 2 N–H and O–H groups in total. The average molecular weight is 383 g/mol. The lowest BCUT2D eigenvalue weighted by Crippen LogP contribution is -2.45. The van der Waals surface area contributed by atoms with Crippen molar-refractivity contribution in [2.24, 2.45) is 16.2 Å². The van der Waals surface area contributed by atoms with E-state index in [1.54, 1.807) is 0 Å². The number of carbonyl (C=O) groups excluding carboxylic acids is 2. The number of hydrogen-bond acceptors (Lipinski definition) is 3. The highest BCUT2D eigenvalue weighted by Gasteiger charge is 2.29. The van der Waals surface area contributed by atoms with Gasteiger partial charge in [-0.2, -0.15) is 0 Å². The fraction of sp³-hybridized carbons (Fsp3) is 0.818. The van der Waals surface area contributed by atoms with Crippen LogP contribution in [0.4, 0.5) is 4.79 Å². The van der Waals surface area contributed by atoms with E-state index in [0.29, 0.717) is 19.5 Å². The molecule has 0 heterocycles. The Kier molecular flexibility index (Phi) is 10.1. The highest BCUT2D eigenvalue weighted by molar-refractivity contribution is 5.81. The van der Waals surface area contributed by atoms with Crippen LogP contribution in [0, 0.1) is 16.2 Å². The topological polar surface area (TPSA) is 67.4 Å². The number of nitrogens with one attached hydrogen (secondary N) is 2. The molecular weight excluding hydrogens is 340 g/mol. The van der Waals surface area contributed by atoms with Crippen molar-refractivity contribution in [1.29, 1.82) is 0 Å². The summed E-state index contributed by atoms with van der Waals surface area (Å²) in [5, 5.41) is 6.00. The predicted molar refractivity (Wildman–Crippen MR) is 113 cm³/mol. The molecule has 5 heteroatoms. The highest BCUT2D eigenvalue weighted by Crippen LogP contribution is 2.35. The van der Waals surface area contributed by atoms with Crippen LogP contribution < -0.4 is 10.6 Å². The minimum atomic E-state index is -0.413. The van der Waals surface area contributed by atoms with E-state index in [-0.39, 0.29) is 28.4 Å². The Morgan fingerprint density at radius 2 is 1.56 bits per heavy atom. The van der Waals surface area contributed by atoms with Gasteiger partial charge >= 0.3 is 12.0 Å². The lowest BCUT2D eigenvalue weighted by atomic mass is 9.74. The Balaban J connectivity index is 4.51. The van der Waals surface area contributed by atoms with Gasteiger partial charge in [0.1, 0.15) is 0 Å². The predicted octanol–water partition coefficient (Wildman–Crippen LogP) is 5.06. The Hall–Kier alpha value is -1.52. The number of esters is 1. The van der Waals surface area contributed by atoms with Crippen LogP contribution in [0.5, 0.6) is 0 Å². The summed E-state index contributed by atoms with van der Waals surface area (Å²) in [5.74, 6) is -0.413. The van der Waals surface area contributed by atoms with Gasteiger partial charge in [0, 0.05) is 19.2 Å². The van der Waals surface area contributed by atoms with E-state index >= 15 is 0 Å². The molecule has 0 saturated carbocycles. The molecule has 0 radical (unpaired) electrons. The number of urea groups is 1. The first-order valence-electron chi connectivity index (χ1n) is 10.1. The monoisotopic (exact) mass is 382 g/mol. The molecule has 2 atom stereocenters. The molecule has 0 bridgehead atoms. The number of rotatable bonds is 12. The summed E-state index contributed by atoms with van der Waals surface area (Å²) in [6.45, 7) is 21.8. The Bertz CT molecular complexity index is 500. The number of carbonyl (C=O) groups is 2. The molecule has 0 rings (SSSR count). The van der Waals surface area contributed by atoms with Crippen molar-refractivity contribution in [3.8, 4) is 0 Å². The quantitative estimate of drug-likeness (QED) is 0.366. The molecule has 0 aliphatic carbocycles. The summed E-state index contributed by atoms with van der Waals surface area (Å²) >= 11 is 0. The van der Waals surface area contributed by atoms with Gasteiger partial charge in [-0.05, 0) is 42.4 Å². The second kappa shape index (κ2) is 10.7. The van der Waals surface area contributed by atoms with Crippen LogP contribution in [-0.2, 0) is 9.53 Å². The van der Waals surface area contributed by atoms with Crippen molar-refractivity contribution in [3.63, 3.8) is 0 Å². The van der Waals surface area contributed by atoms with Crippen molar-refractivity contribution >= 4 is 12.0 Å². The van der Waals surface area contributed by atoms with Crippen molar-refractivity contribution in [2.45, 2.75) is 87.2 Å². The van der Waals surface area contributed by atoms with Crippen LogP contribution in [0.15, 0.2) is 12.7 Å². The maximum atomic E-state index is 12.3. The second-order valence-corrected chi connectivity index (χ2v) is 9.71. The van der Waals surface area contributed by atoms with Crippen LogP contribution in [0.2, 0.25) is 0 Å². The molecule has 0 saturated heterocycles. The largest absolute Gasteiger partial charge is 0.460 e. The Morgan fingerprint density at radius 1 is 1.00 bits per heavy atom. The van der Waals surface area contributed by atoms with Crippen LogP contribution in [0.3, 0.4) is 0 Å². The van der Waals surface area contributed by atoms with Crippen molar-refractivity contribution in [2.75, 3.05) is 13.1 Å². The maximum absolute atomic E-state index is 12.3.